The van der Waals surface area contributed by atoms with E-state index < -0.39 is 0 Å². The molecular weight excluding hydrogens is 232 g/mol. The van der Waals surface area contributed by atoms with E-state index in [1.807, 2.05) is 0 Å². The van der Waals surface area contributed by atoms with E-state index in [1.165, 1.54) is 38.5 Å². The van der Waals surface area contributed by atoms with Gasteiger partial charge in [0.05, 0.1) is 0 Å². The summed E-state index contributed by atoms with van der Waals surface area (Å²) in [6.07, 6.45) is 7.96. The summed E-state index contributed by atoms with van der Waals surface area (Å²) in [5.41, 5.74) is 3.52. The van der Waals surface area contributed by atoms with E-state index in [4.69, 9.17) is 0 Å². The van der Waals surface area contributed by atoms with Crippen molar-refractivity contribution in [2.45, 2.75) is 50.1 Å². The SMILES string of the molecule is CN(C)C1(CNC2CCCc3ccccc32)CCC1. The average Bonchev–Trinajstić information content (AvgIpc) is 2.37. The van der Waals surface area contributed by atoms with Crippen molar-refractivity contribution in [1.82, 2.24) is 10.2 Å². The number of aryl methyl sites for hydroxylation is 1. The van der Waals surface area contributed by atoms with Gasteiger partial charge in [-0.1, -0.05) is 24.3 Å². The zero-order valence-electron chi connectivity index (χ0n) is 12.3. The Morgan fingerprint density at radius 1 is 1.21 bits per heavy atom. The number of likely N-dealkylation sites (N-methyl/N-ethyl adjacent to an activating group) is 1. The lowest BCUT2D eigenvalue weighted by Gasteiger charge is -2.48. The molecule has 3 rings (SSSR count). The molecule has 2 aliphatic rings. The molecule has 0 heterocycles. The van der Waals surface area contributed by atoms with Gasteiger partial charge in [0.25, 0.3) is 0 Å². The van der Waals surface area contributed by atoms with Crippen LogP contribution in [-0.2, 0) is 6.42 Å². The molecule has 2 nitrogen and oxygen atoms in total. The van der Waals surface area contributed by atoms with Crippen LogP contribution in [0.25, 0.3) is 0 Å². The summed E-state index contributed by atoms with van der Waals surface area (Å²) in [6, 6.07) is 9.55. The van der Waals surface area contributed by atoms with Gasteiger partial charge >= 0.3 is 0 Å². The first-order valence-corrected chi connectivity index (χ1v) is 7.70. The standard InChI is InChI=1S/C17H26N2/c1-19(2)17(11-6-12-17)13-18-16-10-5-8-14-7-3-4-9-15(14)16/h3-4,7,9,16,18H,5-6,8,10-13H2,1-2H3. The molecule has 0 saturated heterocycles. The number of benzene rings is 1. The van der Waals surface area contributed by atoms with E-state index in [0.29, 0.717) is 11.6 Å². The summed E-state index contributed by atoms with van der Waals surface area (Å²) in [4.78, 5) is 2.43. The third-order valence-corrected chi connectivity index (χ3v) is 5.28. The molecule has 2 heteroatoms. The van der Waals surface area contributed by atoms with E-state index in [9.17, 15) is 0 Å². The van der Waals surface area contributed by atoms with Crippen LogP contribution < -0.4 is 5.32 Å². The molecule has 0 aliphatic heterocycles. The fourth-order valence-electron chi connectivity index (χ4n) is 3.65. The average molecular weight is 258 g/mol. The topological polar surface area (TPSA) is 15.3 Å². The van der Waals surface area contributed by atoms with Crippen molar-refractivity contribution in [2.24, 2.45) is 0 Å². The van der Waals surface area contributed by atoms with Gasteiger partial charge in [-0.25, -0.2) is 0 Å². The van der Waals surface area contributed by atoms with Crippen LogP contribution in [-0.4, -0.2) is 31.1 Å². The molecule has 2 aliphatic carbocycles. The van der Waals surface area contributed by atoms with Crippen LogP contribution in [0.2, 0.25) is 0 Å². The zero-order valence-corrected chi connectivity index (χ0v) is 12.3. The smallest absolute Gasteiger partial charge is 0.0328 e. The molecule has 19 heavy (non-hydrogen) atoms. The maximum Gasteiger partial charge on any atom is 0.0328 e. The molecule has 1 aromatic carbocycles. The molecule has 1 aromatic rings. The Balaban J connectivity index is 1.68. The second-order valence-corrected chi connectivity index (χ2v) is 6.50. The van der Waals surface area contributed by atoms with E-state index in [-0.39, 0.29) is 0 Å². The van der Waals surface area contributed by atoms with E-state index >= 15 is 0 Å². The Kier molecular flexibility index (Phi) is 3.64. The zero-order chi connectivity index (χ0) is 13.3. The summed E-state index contributed by atoms with van der Waals surface area (Å²) in [5.74, 6) is 0. The van der Waals surface area contributed by atoms with Gasteiger partial charge in [0.15, 0.2) is 0 Å². The predicted octanol–water partition coefficient (Wildman–Crippen LogP) is 3.14. The largest absolute Gasteiger partial charge is 0.308 e. The number of fused-ring (bicyclic) bond motifs is 1. The number of hydrogen-bond donors (Lipinski definition) is 1. The van der Waals surface area contributed by atoms with Crippen LogP contribution in [0, 0.1) is 0 Å². The summed E-state index contributed by atoms with van der Waals surface area (Å²) >= 11 is 0. The van der Waals surface area contributed by atoms with Crippen LogP contribution in [0.5, 0.6) is 0 Å². The summed E-state index contributed by atoms with van der Waals surface area (Å²) in [5, 5.41) is 3.86. The van der Waals surface area contributed by atoms with Gasteiger partial charge in [0.2, 0.25) is 0 Å². The van der Waals surface area contributed by atoms with E-state index in [0.717, 1.165) is 6.54 Å². The minimum atomic E-state index is 0.423. The van der Waals surface area contributed by atoms with Crippen LogP contribution >= 0.6 is 0 Å². The third kappa shape index (κ3) is 2.44. The van der Waals surface area contributed by atoms with Crippen molar-refractivity contribution in [1.29, 1.82) is 0 Å². The number of hydrogen-bond acceptors (Lipinski definition) is 2. The Labute approximate surface area is 117 Å². The van der Waals surface area contributed by atoms with Crippen LogP contribution in [0.15, 0.2) is 24.3 Å². The molecule has 1 atom stereocenters. The van der Waals surface area contributed by atoms with Crippen molar-refractivity contribution in [3.05, 3.63) is 35.4 Å². The maximum absolute atomic E-state index is 3.86. The first-order chi connectivity index (χ1) is 9.21. The van der Waals surface area contributed by atoms with Crippen molar-refractivity contribution >= 4 is 0 Å². The third-order valence-electron chi connectivity index (χ3n) is 5.28. The van der Waals surface area contributed by atoms with Crippen LogP contribution in [0.3, 0.4) is 0 Å². The molecule has 0 amide bonds. The van der Waals surface area contributed by atoms with Gasteiger partial charge in [-0.15, -0.1) is 0 Å². The lowest BCUT2D eigenvalue weighted by molar-refractivity contribution is 0.0564. The van der Waals surface area contributed by atoms with Gasteiger partial charge < -0.3 is 10.2 Å². The highest BCUT2D eigenvalue weighted by Crippen LogP contribution is 2.37. The van der Waals surface area contributed by atoms with Gasteiger partial charge in [-0.05, 0) is 63.7 Å². The number of rotatable bonds is 4. The molecule has 0 radical (unpaired) electrons. The Morgan fingerprint density at radius 2 is 2.00 bits per heavy atom. The monoisotopic (exact) mass is 258 g/mol. The quantitative estimate of drug-likeness (QED) is 0.892. The molecule has 0 spiro atoms. The maximum atomic E-state index is 3.86. The molecule has 1 saturated carbocycles. The number of nitrogens with zero attached hydrogens (tertiary/aromatic N) is 1. The molecule has 1 N–H and O–H groups in total. The highest BCUT2D eigenvalue weighted by atomic mass is 15.2. The van der Waals surface area contributed by atoms with Crippen LogP contribution in [0.4, 0.5) is 0 Å². The molecule has 0 aromatic heterocycles. The first-order valence-electron chi connectivity index (χ1n) is 7.70. The molecule has 104 valence electrons. The summed E-state index contributed by atoms with van der Waals surface area (Å²) in [6.45, 7) is 1.14. The number of nitrogens with one attached hydrogen (secondary N) is 1. The van der Waals surface area contributed by atoms with Gasteiger partial charge in [-0.2, -0.15) is 0 Å². The molecular formula is C17H26N2. The van der Waals surface area contributed by atoms with Gasteiger partial charge in [0, 0.05) is 18.1 Å². The Hall–Kier alpha value is -0.860. The summed E-state index contributed by atoms with van der Waals surface area (Å²) in [7, 11) is 4.46. The van der Waals surface area contributed by atoms with Crippen molar-refractivity contribution < 1.29 is 0 Å². The second kappa shape index (κ2) is 5.26. The van der Waals surface area contributed by atoms with E-state index in [1.54, 1.807) is 11.1 Å². The highest BCUT2D eigenvalue weighted by Gasteiger charge is 2.39. The summed E-state index contributed by atoms with van der Waals surface area (Å²) < 4.78 is 0. The molecule has 1 fully saturated rings. The highest BCUT2D eigenvalue weighted by molar-refractivity contribution is 5.32. The normalized spacial score (nSPS) is 24.9. The van der Waals surface area contributed by atoms with Gasteiger partial charge in [-0.3, -0.25) is 0 Å². The van der Waals surface area contributed by atoms with E-state index in [2.05, 4.69) is 48.6 Å². The minimum absolute atomic E-state index is 0.423. The van der Waals surface area contributed by atoms with Crippen molar-refractivity contribution in [3.8, 4) is 0 Å². The molecule has 0 bridgehead atoms. The van der Waals surface area contributed by atoms with Crippen LogP contribution in [0.1, 0.15) is 49.3 Å². The first kappa shape index (κ1) is 13.1. The molecule has 1 unspecified atom stereocenters. The fourth-order valence-corrected chi connectivity index (χ4v) is 3.65. The Morgan fingerprint density at radius 3 is 2.68 bits per heavy atom. The van der Waals surface area contributed by atoms with Crippen molar-refractivity contribution in [2.75, 3.05) is 20.6 Å². The fraction of sp³-hybridized carbons (Fsp3) is 0.647. The lowest BCUT2D eigenvalue weighted by Crippen LogP contribution is -2.56. The van der Waals surface area contributed by atoms with Crippen molar-refractivity contribution in [3.63, 3.8) is 0 Å². The minimum Gasteiger partial charge on any atom is -0.308 e. The Bertz CT molecular complexity index is 435. The lowest BCUT2D eigenvalue weighted by atomic mass is 9.75. The van der Waals surface area contributed by atoms with Gasteiger partial charge in [0.1, 0.15) is 0 Å². The second-order valence-electron chi connectivity index (χ2n) is 6.50. The predicted molar refractivity (Wildman–Crippen MR) is 80.4 cm³/mol.